The maximum absolute atomic E-state index is 11.4. The van der Waals surface area contributed by atoms with E-state index in [0.29, 0.717) is 11.9 Å². The third-order valence-electron chi connectivity index (χ3n) is 3.90. The molecule has 4 nitrogen and oxygen atoms in total. The molecule has 0 N–H and O–H groups in total. The van der Waals surface area contributed by atoms with Crippen LogP contribution in [0.4, 0.5) is 0 Å². The number of pyridine rings is 1. The minimum absolute atomic E-state index is 0.0394. The number of carbonyl (C=O) groups excluding carboxylic acids is 1. The molecule has 0 aliphatic carbocycles. The number of ketones is 1. The van der Waals surface area contributed by atoms with Gasteiger partial charge in [0.2, 0.25) is 0 Å². The minimum atomic E-state index is -0.337. The summed E-state index contributed by atoms with van der Waals surface area (Å²) < 4.78 is 11.8. The van der Waals surface area contributed by atoms with E-state index in [-0.39, 0.29) is 24.1 Å². The van der Waals surface area contributed by atoms with Crippen LogP contribution in [-0.4, -0.2) is 29.1 Å². The molecule has 5 heteroatoms. The highest BCUT2D eigenvalue weighted by Gasteiger charge is 2.50. The lowest BCUT2D eigenvalue weighted by Crippen LogP contribution is -2.41. The molecule has 1 saturated heterocycles. The number of nitrogens with zero attached hydrogens (tertiary/aromatic N) is 1. The Morgan fingerprint density at radius 3 is 2.37 bits per heavy atom. The van der Waals surface area contributed by atoms with Gasteiger partial charge in [-0.1, -0.05) is 0 Å². The number of aromatic nitrogens is 1. The molecular weight excluding hydrogens is 241 g/mol. The molecule has 0 spiro atoms. The van der Waals surface area contributed by atoms with Crippen molar-refractivity contribution >= 4 is 12.9 Å². The smallest absolute Gasteiger partial charge is 0.403 e. The summed E-state index contributed by atoms with van der Waals surface area (Å²) >= 11 is 0. The largest absolute Gasteiger partial charge is 0.464 e. The summed E-state index contributed by atoms with van der Waals surface area (Å²) in [5.74, 6) is 0.0394. The van der Waals surface area contributed by atoms with Crippen LogP contribution in [0, 0.1) is 0 Å². The number of hydrogen-bond acceptors (Lipinski definition) is 4. The summed E-state index contributed by atoms with van der Waals surface area (Å²) in [6, 6.07) is 3.52. The van der Waals surface area contributed by atoms with Gasteiger partial charge in [0, 0.05) is 23.8 Å². The molecule has 1 aromatic rings. The average molecular weight is 261 g/mol. The second-order valence-electron chi connectivity index (χ2n) is 5.98. The van der Waals surface area contributed by atoms with Crippen molar-refractivity contribution in [3.63, 3.8) is 0 Å². The molecule has 0 radical (unpaired) electrons. The van der Waals surface area contributed by atoms with Crippen LogP contribution in [0.1, 0.15) is 50.7 Å². The maximum Gasteiger partial charge on any atom is 0.464 e. The highest BCUT2D eigenvalue weighted by atomic mass is 16.7. The Kier molecular flexibility index (Phi) is 3.54. The summed E-state index contributed by atoms with van der Waals surface area (Å²) in [7, 11) is -0.320. The van der Waals surface area contributed by atoms with Gasteiger partial charge in [-0.3, -0.25) is 9.78 Å². The monoisotopic (exact) mass is 261 g/mol. The number of Topliss-reactive ketones (excluding diaryl/α,β-unsaturated/α-hetero) is 1. The fraction of sp³-hybridized carbons (Fsp3) is 0.571. The molecule has 102 valence electrons. The molecule has 19 heavy (non-hydrogen) atoms. The van der Waals surface area contributed by atoms with E-state index in [9.17, 15) is 4.79 Å². The molecule has 0 atom stereocenters. The van der Waals surface area contributed by atoms with Crippen molar-refractivity contribution in [1.29, 1.82) is 0 Å². The molecule has 2 rings (SSSR count). The van der Waals surface area contributed by atoms with E-state index in [1.807, 2.05) is 27.7 Å². The summed E-state index contributed by atoms with van der Waals surface area (Å²) in [5.41, 5.74) is 0.804. The van der Waals surface area contributed by atoms with Gasteiger partial charge in [-0.25, -0.2) is 0 Å². The van der Waals surface area contributed by atoms with Gasteiger partial charge in [-0.05, 0) is 46.8 Å². The van der Waals surface area contributed by atoms with Crippen LogP contribution in [0.3, 0.4) is 0 Å². The van der Waals surface area contributed by atoms with E-state index >= 15 is 0 Å². The zero-order valence-corrected chi connectivity index (χ0v) is 12.2. The fourth-order valence-electron chi connectivity index (χ4n) is 2.03. The van der Waals surface area contributed by atoms with E-state index in [1.165, 1.54) is 0 Å². The van der Waals surface area contributed by atoms with Crippen LogP contribution in [0.15, 0.2) is 18.3 Å². The van der Waals surface area contributed by atoms with Crippen molar-refractivity contribution in [3.8, 4) is 0 Å². The molecule has 2 heterocycles. The average Bonchev–Trinajstić information content (AvgIpc) is 2.47. The van der Waals surface area contributed by atoms with Gasteiger partial charge < -0.3 is 9.31 Å². The first kappa shape index (κ1) is 14.2. The van der Waals surface area contributed by atoms with E-state index < -0.39 is 0 Å². The maximum atomic E-state index is 11.4. The van der Waals surface area contributed by atoms with Crippen molar-refractivity contribution in [2.24, 2.45) is 0 Å². The number of hydrogen-bond donors (Lipinski definition) is 0. The lowest BCUT2D eigenvalue weighted by atomic mass is 9.82. The van der Waals surface area contributed by atoms with Crippen molar-refractivity contribution in [2.75, 3.05) is 0 Å². The van der Waals surface area contributed by atoms with Gasteiger partial charge in [-0.15, -0.1) is 0 Å². The topological polar surface area (TPSA) is 48.4 Å². The van der Waals surface area contributed by atoms with Crippen LogP contribution in [0.25, 0.3) is 0 Å². The molecule has 1 aliphatic rings. The minimum Gasteiger partial charge on any atom is -0.403 e. The zero-order chi connectivity index (χ0) is 14.3. The molecular formula is C14H20BNO3. The second kappa shape index (κ2) is 4.73. The second-order valence-corrected chi connectivity index (χ2v) is 5.98. The van der Waals surface area contributed by atoms with Gasteiger partial charge >= 0.3 is 7.12 Å². The molecule has 1 aromatic heterocycles. The Hall–Kier alpha value is -1.20. The van der Waals surface area contributed by atoms with Crippen LogP contribution < -0.4 is 0 Å². The highest BCUT2D eigenvalue weighted by molar-refractivity contribution is 6.44. The highest BCUT2D eigenvalue weighted by Crippen LogP contribution is 2.37. The Morgan fingerprint density at radius 1 is 1.26 bits per heavy atom. The van der Waals surface area contributed by atoms with Crippen LogP contribution in [0.2, 0.25) is 0 Å². The summed E-state index contributed by atoms with van der Waals surface area (Å²) in [6.45, 7) is 9.63. The Balaban J connectivity index is 2.11. The molecule has 0 aromatic carbocycles. The predicted octanol–water partition coefficient (Wildman–Crippen LogP) is 2.46. The molecule has 0 amide bonds. The quantitative estimate of drug-likeness (QED) is 0.619. The zero-order valence-electron chi connectivity index (χ0n) is 12.2. The summed E-state index contributed by atoms with van der Waals surface area (Å²) in [6.07, 6.45) is 2.20. The summed E-state index contributed by atoms with van der Waals surface area (Å²) in [5, 5.41) is 0. The SMILES string of the molecule is CC(=O)c1ccnc(CB2OC(C)(C)C(C)(C)O2)c1. The van der Waals surface area contributed by atoms with Gasteiger partial charge in [0.25, 0.3) is 0 Å². The Morgan fingerprint density at radius 2 is 1.84 bits per heavy atom. The molecule has 1 fully saturated rings. The van der Waals surface area contributed by atoms with E-state index in [1.54, 1.807) is 25.3 Å². The first-order valence-corrected chi connectivity index (χ1v) is 6.53. The molecule has 0 unspecified atom stereocenters. The van der Waals surface area contributed by atoms with E-state index in [4.69, 9.17) is 9.31 Å². The van der Waals surface area contributed by atoms with Crippen molar-refractivity contribution in [2.45, 2.75) is 52.1 Å². The standard InChI is InChI=1S/C14H20BNO3/c1-10(17)11-6-7-16-12(8-11)9-15-18-13(2,3)14(4,5)19-15/h6-8H,9H2,1-5H3. The molecule has 0 saturated carbocycles. The number of carbonyl (C=O) groups is 1. The van der Waals surface area contributed by atoms with Crippen LogP contribution in [-0.2, 0) is 15.6 Å². The van der Waals surface area contributed by atoms with Crippen molar-refractivity contribution in [1.82, 2.24) is 4.98 Å². The van der Waals surface area contributed by atoms with Crippen LogP contribution in [0.5, 0.6) is 0 Å². The third kappa shape index (κ3) is 2.87. The van der Waals surface area contributed by atoms with Crippen molar-refractivity contribution < 1.29 is 14.1 Å². The van der Waals surface area contributed by atoms with Gasteiger partial charge in [0.05, 0.1) is 11.2 Å². The number of rotatable bonds is 3. The third-order valence-corrected chi connectivity index (χ3v) is 3.90. The van der Waals surface area contributed by atoms with Crippen molar-refractivity contribution in [3.05, 3.63) is 29.6 Å². The first-order chi connectivity index (χ1) is 8.71. The van der Waals surface area contributed by atoms with E-state index in [2.05, 4.69) is 4.98 Å². The lowest BCUT2D eigenvalue weighted by molar-refractivity contribution is 0.00578. The predicted molar refractivity (Wildman–Crippen MR) is 74.0 cm³/mol. The summed E-state index contributed by atoms with van der Waals surface area (Å²) in [4.78, 5) is 15.6. The van der Waals surface area contributed by atoms with E-state index in [0.717, 1.165) is 5.69 Å². The molecule has 0 bridgehead atoms. The van der Waals surface area contributed by atoms with Gasteiger partial charge in [0.1, 0.15) is 0 Å². The van der Waals surface area contributed by atoms with Gasteiger partial charge in [0.15, 0.2) is 5.78 Å². The first-order valence-electron chi connectivity index (χ1n) is 6.53. The van der Waals surface area contributed by atoms with Crippen LogP contribution >= 0.6 is 0 Å². The Bertz CT molecular complexity index is 483. The fourth-order valence-corrected chi connectivity index (χ4v) is 2.03. The normalized spacial score (nSPS) is 20.6. The Labute approximate surface area is 114 Å². The lowest BCUT2D eigenvalue weighted by Gasteiger charge is -2.32. The molecule has 1 aliphatic heterocycles. The van der Waals surface area contributed by atoms with Gasteiger partial charge in [-0.2, -0.15) is 0 Å².